The van der Waals surface area contributed by atoms with Gasteiger partial charge < -0.3 is 10.1 Å². The lowest BCUT2D eigenvalue weighted by Crippen LogP contribution is -2.37. The standard InChI is InChI=1S/C29H35NO/c1-7-12-25-24(19-21(2)3)18-17-23-14-9-10-15-26(23)29(5,6)30-27(25)20-31-28-16-11-8-13-22(28)4/h7-16,18,20-21,30H,1,17,19H2,2-6H3/b24-18-,25-12-,27-20+. The Hall–Kier alpha value is -3.00. The Balaban J connectivity index is 2.14. The Morgan fingerprint density at radius 2 is 1.81 bits per heavy atom. The van der Waals surface area contributed by atoms with Crippen LogP contribution in [0.2, 0.25) is 0 Å². The Kier molecular flexibility index (Phi) is 7.22. The van der Waals surface area contributed by atoms with Crippen LogP contribution >= 0.6 is 0 Å². The molecule has 1 aliphatic rings. The summed E-state index contributed by atoms with van der Waals surface area (Å²) in [5.41, 5.74) is 6.92. The smallest absolute Gasteiger partial charge is 0.129 e. The molecule has 0 fully saturated rings. The Morgan fingerprint density at radius 1 is 1.10 bits per heavy atom. The van der Waals surface area contributed by atoms with Crippen LogP contribution in [0.5, 0.6) is 5.75 Å². The largest absolute Gasteiger partial charge is 0.463 e. The molecule has 1 heterocycles. The minimum atomic E-state index is -0.265. The molecule has 2 aromatic carbocycles. The maximum atomic E-state index is 6.20. The van der Waals surface area contributed by atoms with Gasteiger partial charge >= 0.3 is 0 Å². The van der Waals surface area contributed by atoms with Crippen LogP contribution in [0.15, 0.2) is 96.4 Å². The maximum absolute atomic E-state index is 6.20. The van der Waals surface area contributed by atoms with Gasteiger partial charge in [0, 0.05) is 5.57 Å². The van der Waals surface area contributed by atoms with Gasteiger partial charge in [-0.15, -0.1) is 0 Å². The maximum Gasteiger partial charge on any atom is 0.129 e. The molecular formula is C29H35NO. The molecule has 0 saturated carbocycles. The molecule has 0 amide bonds. The molecule has 0 bridgehead atoms. The number of allylic oxidation sites excluding steroid dienone is 4. The van der Waals surface area contributed by atoms with E-state index in [1.54, 1.807) is 0 Å². The quantitative estimate of drug-likeness (QED) is 0.516. The third-order valence-corrected chi connectivity index (χ3v) is 5.65. The van der Waals surface area contributed by atoms with E-state index in [9.17, 15) is 0 Å². The summed E-state index contributed by atoms with van der Waals surface area (Å²) < 4.78 is 6.20. The summed E-state index contributed by atoms with van der Waals surface area (Å²) in [6.45, 7) is 15.0. The summed E-state index contributed by atoms with van der Waals surface area (Å²) in [6, 6.07) is 16.8. The number of nitrogens with one attached hydrogen (secondary N) is 1. The molecule has 0 aromatic heterocycles. The van der Waals surface area contributed by atoms with Gasteiger partial charge in [-0.3, -0.25) is 0 Å². The predicted molar refractivity (Wildman–Crippen MR) is 132 cm³/mol. The molecule has 31 heavy (non-hydrogen) atoms. The summed E-state index contributed by atoms with van der Waals surface area (Å²) in [4.78, 5) is 0. The zero-order chi connectivity index (χ0) is 22.4. The third-order valence-electron chi connectivity index (χ3n) is 5.65. The first-order valence-corrected chi connectivity index (χ1v) is 11.1. The number of hydrogen-bond donors (Lipinski definition) is 1. The van der Waals surface area contributed by atoms with Crippen molar-refractivity contribution in [2.75, 3.05) is 0 Å². The van der Waals surface area contributed by atoms with Crippen LogP contribution in [0.1, 0.15) is 50.8 Å². The third kappa shape index (κ3) is 5.58. The first-order chi connectivity index (χ1) is 14.8. The molecule has 1 aliphatic heterocycles. The topological polar surface area (TPSA) is 21.3 Å². The SMILES string of the molecule is C=C/C=C1C(/CC(C)C)=C\Cc2ccccc2C(C)(C)NC/1=C/Oc1ccccc1C. The lowest BCUT2D eigenvalue weighted by molar-refractivity contribution is 0.421. The van der Waals surface area contributed by atoms with Gasteiger partial charge in [-0.1, -0.05) is 81.1 Å². The highest BCUT2D eigenvalue weighted by Gasteiger charge is 2.27. The van der Waals surface area contributed by atoms with E-state index in [1.165, 1.54) is 16.7 Å². The van der Waals surface area contributed by atoms with E-state index < -0.39 is 0 Å². The molecule has 0 radical (unpaired) electrons. The number of ether oxygens (including phenoxy) is 1. The zero-order valence-electron chi connectivity index (χ0n) is 19.5. The van der Waals surface area contributed by atoms with Crippen LogP contribution < -0.4 is 10.1 Å². The van der Waals surface area contributed by atoms with Crippen molar-refractivity contribution in [3.8, 4) is 5.75 Å². The minimum Gasteiger partial charge on any atom is -0.463 e. The molecule has 1 N–H and O–H groups in total. The first kappa shape index (κ1) is 22.7. The Bertz CT molecular complexity index is 1020. The molecule has 0 atom stereocenters. The fourth-order valence-electron chi connectivity index (χ4n) is 4.15. The van der Waals surface area contributed by atoms with Crippen molar-refractivity contribution in [2.24, 2.45) is 5.92 Å². The molecule has 0 spiro atoms. The van der Waals surface area contributed by atoms with Crippen molar-refractivity contribution in [3.05, 3.63) is 113 Å². The molecule has 162 valence electrons. The second-order valence-corrected chi connectivity index (χ2v) is 9.17. The minimum absolute atomic E-state index is 0.265. The van der Waals surface area contributed by atoms with Crippen molar-refractivity contribution in [2.45, 2.75) is 53.0 Å². The van der Waals surface area contributed by atoms with Crippen LogP contribution in [0, 0.1) is 12.8 Å². The summed E-state index contributed by atoms with van der Waals surface area (Å²) in [5.74, 6) is 1.41. The summed E-state index contributed by atoms with van der Waals surface area (Å²) >= 11 is 0. The van der Waals surface area contributed by atoms with E-state index in [0.717, 1.165) is 35.4 Å². The highest BCUT2D eigenvalue weighted by Crippen LogP contribution is 2.33. The average Bonchev–Trinajstić information content (AvgIpc) is 2.76. The van der Waals surface area contributed by atoms with Gasteiger partial charge in [0.25, 0.3) is 0 Å². The molecule has 0 unspecified atom stereocenters. The van der Waals surface area contributed by atoms with Gasteiger partial charge in [0.2, 0.25) is 0 Å². The second-order valence-electron chi connectivity index (χ2n) is 9.17. The van der Waals surface area contributed by atoms with Crippen molar-refractivity contribution >= 4 is 0 Å². The van der Waals surface area contributed by atoms with Crippen molar-refractivity contribution in [3.63, 3.8) is 0 Å². The van der Waals surface area contributed by atoms with E-state index >= 15 is 0 Å². The van der Waals surface area contributed by atoms with E-state index in [0.29, 0.717) is 5.92 Å². The van der Waals surface area contributed by atoms with Crippen molar-refractivity contribution in [1.82, 2.24) is 5.32 Å². The number of benzene rings is 2. The van der Waals surface area contributed by atoms with Gasteiger partial charge in [-0.25, -0.2) is 0 Å². The van der Waals surface area contributed by atoms with Crippen molar-refractivity contribution < 1.29 is 4.74 Å². The number of hydrogen-bond acceptors (Lipinski definition) is 2. The summed E-state index contributed by atoms with van der Waals surface area (Å²) in [5, 5.41) is 3.80. The van der Waals surface area contributed by atoms with Crippen LogP contribution in [-0.2, 0) is 12.0 Å². The number of aryl methyl sites for hydroxylation is 1. The molecule has 0 saturated heterocycles. The Labute approximate surface area is 188 Å². The molecule has 2 nitrogen and oxygen atoms in total. The fourth-order valence-corrected chi connectivity index (χ4v) is 4.15. The highest BCUT2D eigenvalue weighted by molar-refractivity contribution is 5.51. The number of fused-ring (bicyclic) bond motifs is 1. The molecule has 0 aliphatic carbocycles. The summed E-state index contributed by atoms with van der Waals surface area (Å²) in [6.07, 6.45) is 10.1. The van der Waals surface area contributed by atoms with E-state index in [2.05, 4.69) is 89.0 Å². The predicted octanol–water partition coefficient (Wildman–Crippen LogP) is 7.38. The number of rotatable bonds is 5. The van der Waals surface area contributed by atoms with E-state index in [4.69, 9.17) is 4.74 Å². The van der Waals surface area contributed by atoms with E-state index in [-0.39, 0.29) is 5.54 Å². The molecule has 2 heteroatoms. The first-order valence-electron chi connectivity index (χ1n) is 11.1. The lowest BCUT2D eigenvalue weighted by Gasteiger charge is -2.31. The molecule has 3 rings (SSSR count). The lowest BCUT2D eigenvalue weighted by atomic mass is 9.88. The van der Waals surface area contributed by atoms with Crippen LogP contribution in [-0.4, -0.2) is 0 Å². The zero-order valence-corrected chi connectivity index (χ0v) is 19.5. The van der Waals surface area contributed by atoms with Gasteiger partial charge in [-0.2, -0.15) is 0 Å². The van der Waals surface area contributed by atoms with Crippen LogP contribution in [0.3, 0.4) is 0 Å². The van der Waals surface area contributed by atoms with Gasteiger partial charge in [0.05, 0.1) is 11.2 Å². The Morgan fingerprint density at radius 3 is 2.52 bits per heavy atom. The normalized spacial score (nSPS) is 20.1. The van der Waals surface area contributed by atoms with Crippen molar-refractivity contribution in [1.29, 1.82) is 0 Å². The highest BCUT2D eigenvalue weighted by atomic mass is 16.5. The number of para-hydroxylation sites is 1. The summed E-state index contributed by atoms with van der Waals surface area (Å²) in [7, 11) is 0. The second kappa shape index (κ2) is 9.87. The van der Waals surface area contributed by atoms with Gasteiger partial charge in [0.1, 0.15) is 12.0 Å². The van der Waals surface area contributed by atoms with E-state index in [1.807, 2.05) is 30.5 Å². The molecule has 2 aromatic rings. The molecular weight excluding hydrogens is 378 g/mol. The van der Waals surface area contributed by atoms with Gasteiger partial charge in [-0.05, 0) is 67.9 Å². The van der Waals surface area contributed by atoms with Gasteiger partial charge in [0.15, 0.2) is 0 Å². The monoisotopic (exact) mass is 413 g/mol. The fraction of sp³-hybridized carbons (Fsp3) is 0.310. The average molecular weight is 414 g/mol. The van der Waals surface area contributed by atoms with Crippen LogP contribution in [0.4, 0.5) is 0 Å². The van der Waals surface area contributed by atoms with Crippen LogP contribution in [0.25, 0.3) is 0 Å².